The summed E-state index contributed by atoms with van der Waals surface area (Å²) < 4.78 is 0. The van der Waals surface area contributed by atoms with Crippen LogP contribution in [0, 0.1) is 6.92 Å². The maximum atomic E-state index is 11.9. The number of aryl methyl sites for hydroxylation is 1. The third kappa shape index (κ3) is 3.05. The van der Waals surface area contributed by atoms with Gasteiger partial charge in [0.15, 0.2) is 0 Å². The molecule has 0 aliphatic heterocycles. The predicted molar refractivity (Wildman–Crippen MR) is 72.0 cm³/mol. The molecule has 0 radical (unpaired) electrons. The highest BCUT2D eigenvalue weighted by molar-refractivity contribution is 7.11. The Bertz CT molecular complexity index is 570. The van der Waals surface area contributed by atoms with Gasteiger partial charge in [-0.25, -0.2) is 4.98 Å². The molecule has 0 saturated carbocycles. The second-order valence-electron chi connectivity index (χ2n) is 3.86. The molecule has 0 aromatic carbocycles. The smallest absolute Gasteiger partial charge is 0.270 e. The molecule has 0 saturated heterocycles. The fourth-order valence-electron chi connectivity index (χ4n) is 1.43. The van der Waals surface area contributed by atoms with E-state index < -0.39 is 0 Å². The molecule has 0 bridgehead atoms. The minimum absolute atomic E-state index is 0.142. The molecular weight excluding hydrogens is 270 g/mol. The topological polar surface area (TPSA) is 54.9 Å². The average Bonchev–Trinajstić information content (AvgIpc) is 2.76. The van der Waals surface area contributed by atoms with Gasteiger partial charge >= 0.3 is 0 Å². The minimum Gasteiger partial charge on any atom is -0.342 e. The van der Waals surface area contributed by atoms with E-state index in [0.717, 1.165) is 9.88 Å². The van der Waals surface area contributed by atoms with Crippen LogP contribution in [0.1, 0.15) is 33.3 Å². The molecule has 1 atom stereocenters. The van der Waals surface area contributed by atoms with Crippen LogP contribution in [0.2, 0.25) is 5.02 Å². The first-order valence-electron chi connectivity index (χ1n) is 5.41. The Kier molecular flexibility index (Phi) is 3.93. The molecule has 1 N–H and O–H groups in total. The van der Waals surface area contributed by atoms with Gasteiger partial charge in [0.2, 0.25) is 0 Å². The zero-order valence-electron chi connectivity index (χ0n) is 9.98. The predicted octanol–water partition coefficient (Wildman–Crippen LogP) is 2.99. The van der Waals surface area contributed by atoms with E-state index in [0.29, 0.717) is 10.7 Å². The van der Waals surface area contributed by atoms with Gasteiger partial charge in [-0.15, -0.1) is 11.3 Å². The van der Waals surface area contributed by atoms with Crippen LogP contribution in [-0.2, 0) is 0 Å². The molecule has 1 unspecified atom stereocenters. The molecule has 2 aromatic rings. The Labute approximate surface area is 114 Å². The molecule has 18 heavy (non-hydrogen) atoms. The number of thiazole rings is 1. The highest BCUT2D eigenvalue weighted by Crippen LogP contribution is 2.19. The molecule has 6 heteroatoms. The molecule has 94 valence electrons. The highest BCUT2D eigenvalue weighted by Gasteiger charge is 2.15. The molecule has 0 aliphatic carbocycles. The molecule has 2 aromatic heterocycles. The first-order chi connectivity index (χ1) is 8.56. The van der Waals surface area contributed by atoms with Crippen molar-refractivity contribution in [1.29, 1.82) is 0 Å². The van der Waals surface area contributed by atoms with Gasteiger partial charge in [0.25, 0.3) is 5.91 Å². The number of nitrogens with zero attached hydrogens (tertiary/aromatic N) is 2. The van der Waals surface area contributed by atoms with Gasteiger partial charge in [-0.05, 0) is 26.0 Å². The molecule has 4 nitrogen and oxygen atoms in total. The van der Waals surface area contributed by atoms with Crippen molar-refractivity contribution in [3.8, 4) is 0 Å². The number of rotatable bonds is 3. The van der Waals surface area contributed by atoms with E-state index in [1.807, 2.05) is 13.8 Å². The lowest BCUT2D eigenvalue weighted by Crippen LogP contribution is -2.27. The summed E-state index contributed by atoms with van der Waals surface area (Å²) in [5.74, 6) is -0.252. The van der Waals surface area contributed by atoms with E-state index >= 15 is 0 Å². The third-order valence-electron chi connectivity index (χ3n) is 2.31. The second kappa shape index (κ2) is 5.46. The number of hydrogen-bond acceptors (Lipinski definition) is 4. The normalized spacial score (nSPS) is 12.2. The quantitative estimate of drug-likeness (QED) is 0.941. The summed E-state index contributed by atoms with van der Waals surface area (Å²) in [5.41, 5.74) is 0.308. The lowest BCUT2D eigenvalue weighted by atomic mass is 10.3. The average molecular weight is 282 g/mol. The zero-order chi connectivity index (χ0) is 13.1. The number of carbonyl (C=O) groups excluding carboxylic acids is 1. The number of hydrogen-bond donors (Lipinski definition) is 1. The summed E-state index contributed by atoms with van der Waals surface area (Å²) in [7, 11) is 0. The third-order valence-corrected chi connectivity index (χ3v) is 3.64. The van der Waals surface area contributed by atoms with Crippen LogP contribution < -0.4 is 5.32 Å². The van der Waals surface area contributed by atoms with Crippen molar-refractivity contribution >= 4 is 28.8 Å². The highest BCUT2D eigenvalue weighted by atomic mass is 35.5. The largest absolute Gasteiger partial charge is 0.342 e. The van der Waals surface area contributed by atoms with Crippen molar-refractivity contribution in [3.05, 3.63) is 45.1 Å². The second-order valence-corrected chi connectivity index (χ2v) is 5.57. The fourth-order valence-corrected chi connectivity index (χ4v) is 2.37. The van der Waals surface area contributed by atoms with E-state index in [4.69, 9.17) is 11.6 Å². The van der Waals surface area contributed by atoms with Crippen LogP contribution >= 0.6 is 22.9 Å². The van der Waals surface area contributed by atoms with E-state index in [-0.39, 0.29) is 11.9 Å². The molecular formula is C12H12ClN3OS. The Morgan fingerprint density at radius 2 is 2.28 bits per heavy atom. The molecule has 2 rings (SSSR count). The van der Waals surface area contributed by atoms with E-state index in [2.05, 4.69) is 15.3 Å². The van der Waals surface area contributed by atoms with Gasteiger partial charge in [-0.1, -0.05) is 11.6 Å². The van der Waals surface area contributed by atoms with Gasteiger partial charge in [0, 0.05) is 22.3 Å². The van der Waals surface area contributed by atoms with E-state index in [1.54, 1.807) is 23.6 Å². The van der Waals surface area contributed by atoms with Gasteiger partial charge < -0.3 is 5.32 Å². The lowest BCUT2D eigenvalue weighted by Gasteiger charge is -2.10. The number of aromatic nitrogens is 2. The number of amides is 1. The van der Waals surface area contributed by atoms with Crippen molar-refractivity contribution in [2.45, 2.75) is 19.9 Å². The summed E-state index contributed by atoms with van der Waals surface area (Å²) in [6.45, 7) is 3.87. The molecule has 0 spiro atoms. The van der Waals surface area contributed by atoms with Crippen LogP contribution in [0.4, 0.5) is 0 Å². The standard InChI is InChI=1S/C12H12ClN3OS/c1-7-6-15-12(18-7)8(2)16-11(17)10-5-9(13)3-4-14-10/h3-6,8H,1-2H3,(H,16,17). The first kappa shape index (κ1) is 13.0. The molecule has 0 aliphatic rings. The van der Waals surface area contributed by atoms with E-state index in [1.165, 1.54) is 12.3 Å². The Morgan fingerprint density at radius 1 is 1.50 bits per heavy atom. The monoisotopic (exact) mass is 281 g/mol. The van der Waals surface area contributed by atoms with Crippen LogP contribution in [0.5, 0.6) is 0 Å². The number of carbonyl (C=O) groups is 1. The summed E-state index contributed by atoms with van der Waals surface area (Å²) in [6.07, 6.45) is 3.30. The number of nitrogens with one attached hydrogen (secondary N) is 1. The summed E-state index contributed by atoms with van der Waals surface area (Å²) in [5, 5.41) is 4.21. The molecule has 0 fully saturated rings. The SMILES string of the molecule is Cc1cnc(C(C)NC(=O)c2cc(Cl)ccn2)s1. The van der Waals surface area contributed by atoms with Gasteiger partial charge in [0.1, 0.15) is 10.7 Å². The van der Waals surface area contributed by atoms with Gasteiger partial charge in [0.05, 0.1) is 6.04 Å². The van der Waals surface area contributed by atoms with Crippen molar-refractivity contribution in [2.75, 3.05) is 0 Å². The van der Waals surface area contributed by atoms with Gasteiger partial charge in [-0.3, -0.25) is 9.78 Å². The molecule has 2 heterocycles. The Hall–Kier alpha value is -1.46. The van der Waals surface area contributed by atoms with E-state index in [9.17, 15) is 4.79 Å². The maximum absolute atomic E-state index is 11.9. The van der Waals surface area contributed by atoms with Crippen LogP contribution in [-0.4, -0.2) is 15.9 Å². The summed E-state index contributed by atoms with van der Waals surface area (Å²) in [6, 6.07) is 3.03. The maximum Gasteiger partial charge on any atom is 0.270 e. The van der Waals surface area contributed by atoms with Crippen molar-refractivity contribution in [2.24, 2.45) is 0 Å². The van der Waals surface area contributed by atoms with Crippen molar-refractivity contribution < 1.29 is 4.79 Å². The van der Waals surface area contributed by atoms with Gasteiger partial charge in [-0.2, -0.15) is 0 Å². The summed E-state index contributed by atoms with van der Waals surface area (Å²) in [4.78, 5) is 21.3. The number of pyridine rings is 1. The minimum atomic E-state index is -0.252. The lowest BCUT2D eigenvalue weighted by molar-refractivity contribution is 0.0935. The van der Waals surface area contributed by atoms with Crippen LogP contribution in [0.3, 0.4) is 0 Å². The zero-order valence-corrected chi connectivity index (χ0v) is 11.5. The van der Waals surface area contributed by atoms with Crippen LogP contribution in [0.15, 0.2) is 24.5 Å². The molecule has 1 amide bonds. The first-order valence-corrected chi connectivity index (χ1v) is 6.60. The van der Waals surface area contributed by atoms with Crippen molar-refractivity contribution in [1.82, 2.24) is 15.3 Å². The Morgan fingerprint density at radius 3 is 2.89 bits per heavy atom. The summed E-state index contributed by atoms with van der Waals surface area (Å²) >= 11 is 7.38. The fraction of sp³-hybridized carbons (Fsp3) is 0.250. The van der Waals surface area contributed by atoms with Crippen LogP contribution in [0.25, 0.3) is 0 Å². The van der Waals surface area contributed by atoms with Crippen molar-refractivity contribution in [3.63, 3.8) is 0 Å². The number of halogens is 1. The Balaban J connectivity index is 2.08.